The van der Waals surface area contributed by atoms with Crippen molar-refractivity contribution in [2.24, 2.45) is 5.73 Å². The number of aliphatic hydroxyl groups is 1. The Morgan fingerprint density at radius 1 is 1.50 bits per heavy atom. The third kappa shape index (κ3) is 2.37. The second kappa shape index (κ2) is 4.83. The SMILES string of the molecule is CCOc1cc([C@@H](N)CO)ccc1O. The highest BCUT2D eigenvalue weighted by Gasteiger charge is 2.08. The summed E-state index contributed by atoms with van der Waals surface area (Å²) in [6.45, 7) is 2.18. The Morgan fingerprint density at radius 2 is 2.21 bits per heavy atom. The van der Waals surface area contributed by atoms with E-state index >= 15 is 0 Å². The monoisotopic (exact) mass is 197 g/mol. The van der Waals surface area contributed by atoms with E-state index in [0.717, 1.165) is 5.56 Å². The van der Waals surface area contributed by atoms with Crippen molar-refractivity contribution in [2.75, 3.05) is 13.2 Å². The Bertz CT molecular complexity index is 301. The zero-order valence-electron chi connectivity index (χ0n) is 8.10. The lowest BCUT2D eigenvalue weighted by molar-refractivity contribution is 0.267. The summed E-state index contributed by atoms with van der Waals surface area (Å²) in [5.41, 5.74) is 6.37. The number of hydrogen-bond acceptors (Lipinski definition) is 4. The van der Waals surface area contributed by atoms with Crippen molar-refractivity contribution in [1.82, 2.24) is 0 Å². The molecule has 0 bridgehead atoms. The van der Waals surface area contributed by atoms with Crippen LogP contribution in [0.1, 0.15) is 18.5 Å². The van der Waals surface area contributed by atoms with Gasteiger partial charge in [0.25, 0.3) is 0 Å². The van der Waals surface area contributed by atoms with Crippen molar-refractivity contribution >= 4 is 0 Å². The quantitative estimate of drug-likeness (QED) is 0.666. The van der Waals surface area contributed by atoms with Crippen LogP contribution in [0.15, 0.2) is 18.2 Å². The van der Waals surface area contributed by atoms with Gasteiger partial charge in [-0.15, -0.1) is 0 Å². The molecule has 0 aliphatic rings. The number of benzene rings is 1. The Labute approximate surface area is 82.9 Å². The van der Waals surface area contributed by atoms with Gasteiger partial charge in [-0.2, -0.15) is 0 Å². The predicted molar refractivity (Wildman–Crippen MR) is 53.3 cm³/mol. The molecule has 0 aromatic heterocycles. The van der Waals surface area contributed by atoms with Crippen LogP contribution in [0.25, 0.3) is 0 Å². The summed E-state index contributed by atoms with van der Waals surface area (Å²) in [5.74, 6) is 0.481. The highest BCUT2D eigenvalue weighted by molar-refractivity contribution is 5.42. The summed E-state index contributed by atoms with van der Waals surface area (Å²) in [7, 11) is 0. The zero-order valence-corrected chi connectivity index (χ0v) is 8.10. The van der Waals surface area contributed by atoms with Crippen molar-refractivity contribution in [3.8, 4) is 11.5 Å². The maximum absolute atomic E-state index is 9.39. The van der Waals surface area contributed by atoms with Crippen LogP contribution in [0.5, 0.6) is 11.5 Å². The van der Waals surface area contributed by atoms with E-state index in [1.807, 2.05) is 6.92 Å². The number of hydrogen-bond donors (Lipinski definition) is 3. The van der Waals surface area contributed by atoms with E-state index in [1.54, 1.807) is 12.1 Å². The van der Waals surface area contributed by atoms with Gasteiger partial charge < -0.3 is 20.7 Å². The van der Waals surface area contributed by atoms with Gasteiger partial charge in [0, 0.05) is 0 Å². The van der Waals surface area contributed by atoms with E-state index in [0.29, 0.717) is 12.4 Å². The first-order valence-corrected chi connectivity index (χ1v) is 4.51. The second-order valence-corrected chi connectivity index (χ2v) is 2.95. The minimum atomic E-state index is -0.435. The summed E-state index contributed by atoms with van der Waals surface area (Å²) in [6.07, 6.45) is 0. The van der Waals surface area contributed by atoms with Gasteiger partial charge in [-0.25, -0.2) is 0 Å². The topological polar surface area (TPSA) is 75.7 Å². The standard InChI is InChI=1S/C10H15NO3/c1-2-14-10-5-7(8(11)6-12)3-4-9(10)13/h3-5,8,12-13H,2,6,11H2,1H3/t8-/m0/s1. The Hall–Kier alpha value is -1.26. The Morgan fingerprint density at radius 3 is 2.79 bits per heavy atom. The minimum absolute atomic E-state index is 0.0840. The highest BCUT2D eigenvalue weighted by atomic mass is 16.5. The van der Waals surface area contributed by atoms with Crippen LogP contribution in [0.3, 0.4) is 0 Å². The molecule has 0 spiro atoms. The van der Waals surface area contributed by atoms with Crippen molar-refractivity contribution in [1.29, 1.82) is 0 Å². The average Bonchev–Trinajstić information content (AvgIpc) is 2.20. The normalized spacial score (nSPS) is 12.5. The van der Waals surface area contributed by atoms with Crippen LogP contribution < -0.4 is 10.5 Å². The van der Waals surface area contributed by atoms with Crippen molar-refractivity contribution in [3.05, 3.63) is 23.8 Å². The molecule has 78 valence electrons. The molecule has 0 heterocycles. The molecule has 1 rings (SSSR count). The molecule has 1 aromatic rings. The van der Waals surface area contributed by atoms with Crippen molar-refractivity contribution in [2.45, 2.75) is 13.0 Å². The predicted octanol–water partition coefficient (Wildman–Crippen LogP) is 0.783. The summed E-state index contributed by atoms with van der Waals surface area (Å²) in [6, 6.07) is 4.38. The largest absolute Gasteiger partial charge is 0.504 e. The third-order valence-corrected chi connectivity index (χ3v) is 1.91. The van der Waals surface area contributed by atoms with Gasteiger partial charge in [0.15, 0.2) is 11.5 Å². The Kier molecular flexibility index (Phi) is 3.73. The molecule has 1 atom stereocenters. The second-order valence-electron chi connectivity index (χ2n) is 2.95. The van der Waals surface area contributed by atoms with Crippen LogP contribution in [0.2, 0.25) is 0 Å². The number of rotatable bonds is 4. The molecule has 0 amide bonds. The summed E-state index contributed by atoms with van der Waals surface area (Å²) >= 11 is 0. The lowest BCUT2D eigenvalue weighted by Crippen LogP contribution is -2.14. The number of nitrogens with two attached hydrogens (primary N) is 1. The maximum Gasteiger partial charge on any atom is 0.161 e. The molecule has 0 aliphatic heterocycles. The molecule has 0 radical (unpaired) electrons. The summed E-state index contributed by atoms with van der Waals surface area (Å²) < 4.78 is 5.18. The van der Waals surface area contributed by atoms with E-state index in [9.17, 15) is 5.11 Å². The molecule has 4 N–H and O–H groups in total. The number of ether oxygens (including phenoxy) is 1. The lowest BCUT2D eigenvalue weighted by Gasteiger charge is -2.11. The van der Waals surface area contributed by atoms with Crippen LogP contribution >= 0.6 is 0 Å². The molecule has 14 heavy (non-hydrogen) atoms. The molecule has 4 heteroatoms. The van der Waals surface area contributed by atoms with E-state index in [1.165, 1.54) is 6.07 Å². The highest BCUT2D eigenvalue weighted by Crippen LogP contribution is 2.28. The molecular weight excluding hydrogens is 182 g/mol. The molecule has 0 aliphatic carbocycles. The maximum atomic E-state index is 9.39. The van der Waals surface area contributed by atoms with Gasteiger partial charge in [-0.05, 0) is 24.6 Å². The average molecular weight is 197 g/mol. The van der Waals surface area contributed by atoms with Crippen molar-refractivity contribution in [3.63, 3.8) is 0 Å². The molecule has 0 saturated heterocycles. The summed E-state index contributed by atoms with van der Waals surface area (Å²) in [5, 5.41) is 18.2. The number of phenolic OH excluding ortho intramolecular Hbond substituents is 1. The first kappa shape index (κ1) is 10.8. The molecule has 4 nitrogen and oxygen atoms in total. The smallest absolute Gasteiger partial charge is 0.161 e. The van der Waals surface area contributed by atoms with Crippen molar-refractivity contribution < 1.29 is 14.9 Å². The van der Waals surface area contributed by atoms with Gasteiger partial charge in [0.1, 0.15) is 0 Å². The van der Waals surface area contributed by atoms with Gasteiger partial charge in [-0.1, -0.05) is 6.07 Å². The third-order valence-electron chi connectivity index (χ3n) is 1.91. The first-order valence-electron chi connectivity index (χ1n) is 4.51. The number of aromatic hydroxyl groups is 1. The van der Waals surface area contributed by atoms with Crippen LogP contribution in [-0.4, -0.2) is 23.4 Å². The van der Waals surface area contributed by atoms with Gasteiger partial charge in [0.05, 0.1) is 19.3 Å². The van der Waals surface area contributed by atoms with Crippen LogP contribution in [-0.2, 0) is 0 Å². The molecule has 0 saturated carbocycles. The zero-order chi connectivity index (χ0) is 10.6. The summed E-state index contributed by atoms with van der Waals surface area (Å²) in [4.78, 5) is 0. The van der Waals surface area contributed by atoms with E-state index in [2.05, 4.69) is 0 Å². The fraction of sp³-hybridized carbons (Fsp3) is 0.400. The number of phenols is 1. The Balaban J connectivity index is 2.93. The van der Waals surface area contributed by atoms with Crippen LogP contribution in [0, 0.1) is 0 Å². The van der Waals surface area contributed by atoms with Gasteiger partial charge >= 0.3 is 0 Å². The fourth-order valence-electron chi connectivity index (χ4n) is 1.14. The van der Waals surface area contributed by atoms with Crippen LogP contribution in [0.4, 0.5) is 0 Å². The lowest BCUT2D eigenvalue weighted by atomic mass is 10.1. The minimum Gasteiger partial charge on any atom is -0.504 e. The molecular formula is C10H15NO3. The molecule has 0 fully saturated rings. The molecule has 0 unspecified atom stereocenters. The number of aliphatic hydroxyl groups excluding tert-OH is 1. The fourth-order valence-corrected chi connectivity index (χ4v) is 1.14. The van der Waals surface area contributed by atoms with E-state index in [-0.39, 0.29) is 12.4 Å². The van der Waals surface area contributed by atoms with Gasteiger partial charge in [-0.3, -0.25) is 0 Å². The molecule has 1 aromatic carbocycles. The first-order chi connectivity index (χ1) is 6.69. The van der Waals surface area contributed by atoms with E-state index in [4.69, 9.17) is 15.6 Å². The van der Waals surface area contributed by atoms with E-state index < -0.39 is 6.04 Å². The van der Waals surface area contributed by atoms with Gasteiger partial charge in [0.2, 0.25) is 0 Å².